The maximum Gasteiger partial charge on any atom is 0.271 e. The summed E-state index contributed by atoms with van der Waals surface area (Å²) in [5.74, 6) is -0.227. The number of primary amides is 1. The summed E-state index contributed by atoms with van der Waals surface area (Å²) >= 11 is 0. The number of carbonyl (C=O) groups excluding carboxylic acids is 1. The Balaban J connectivity index is 1.68. The van der Waals surface area contributed by atoms with E-state index in [9.17, 15) is 4.79 Å². The highest BCUT2D eigenvalue weighted by Crippen LogP contribution is 2.13. The van der Waals surface area contributed by atoms with Gasteiger partial charge in [-0.15, -0.1) is 5.10 Å². The molecule has 0 unspecified atom stereocenters. The van der Waals surface area contributed by atoms with Crippen LogP contribution in [0.2, 0.25) is 0 Å². The van der Waals surface area contributed by atoms with Crippen LogP contribution >= 0.6 is 0 Å². The molecule has 2 N–H and O–H groups in total. The van der Waals surface area contributed by atoms with Crippen LogP contribution in [0.4, 0.5) is 0 Å². The summed E-state index contributed by atoms with van der Waals surface area (Å²) in [6.07, 6.45) is 1.65. The van der Waals surface area contributed by atoms with Crippen molar-refractivity contribution >= 4 is 17.3 Å². The van der Waals surface area contributed by atoms with Crippen LogP contribution in [0.5, 0.6) is 0 Å². The van der Waals surface area contributed by atoms with Crippen molar-refractivity contribution in [2.75, 3.05) is 7.11 Å². The zero-order chi connectivity index (χ0) is 21.3. The maximum atomic E-state index is 11.7. The monoisotopic (exact) mass is 406 g/mol. The van der Waals surface area contributed by atoms with Crippen molar-refractivity contribution in [3.8, 4) is 0 Å². The maximum absolute atomic E-state index is 11.7. The summed E-state index contributed by atoms with van der Waals surface area (Å²) in [7, 11) is 1.35. The summed E-state index contributed by atoms with van der Waals surface area (Å²) < 4.78 is 1.74. The summed E-state index contributed by atoms with van der Waals surface area (Å²) in [5, 5.41) is 12.2. The molecule has 154 valence electrons. The minimum atomic E-state index is -0.697. The lowest BCUT2D eigenvalue weighted by Gasteiger charge is -2.08. The lowest BCUT2D eigenvalue weighted by Crippen LogP contribution is -2.25. The number of hydrogen-bond acceptors (Lipinski definition) is 7. The molecule has 0 aliphatic heterocycles. The Labute approximate surface area is 173 Å². The minimum absolute atomic E-state index is 0.0127. The van der Waals surface area contributed by atoms with E-state index in [1.54, 1.807) is 36.1 Å². The molecule has 0 saturated carbocycles. The Bertz CT molecular complexity index is 1060. The van der Waals surface area contributed by atoms with Gasteiger partial charge in [-0.2, -0.15) is 0 Å². The molecular formula is C21H22N6O3. The zero-order valence-electron chi connectivity index (χ0n) is 16.7. The molecule has 1 heterocycles. The molecule has 1 aromatic heterocycles. The molecule has 0 aliphatic carbocycles. The Morgan fingerprint density at radius 1 is 1.10 bits per heavy atom. The minimum Gasteiger partial charge on any atom is -0.398 e. The summed E-state index contributed by atoms with van der Waals surface area (Å²) in [6.45, 7) is 2.48. The average molecular weight is 406 g/mol. The second-order valence-electron chi connectivity index (χ2n) is 6.35. The molecule has 0 aliphatic rings. The van der Waals surface area contributed by atoms with E-state index in [-0.39, 0.29) is 12.3 Å². The van der Waals surface area contributed by atoms with Crippen LogP contribution in [0.15, 0.2) is 71.2 Å². The van der Waals surface area contributed by atoms with Crippen LogP contribution in [0, 0.1) is 0 Å². The molecule has 3 rings (SSSR count). The van der Waals surface area contributed by atoms with Gasteiger partial charge in [0.2, 0.25) is 0 Å². The number of amides is 1. The van der Waals surface area contributed by atoms with Gasteiger partial charge >= 0.3 is 0 Å². The fraction of sp³-hybridized carbons (Fsp3) is 0.190. The molecule has 0 bridgehead atoms. The highest BCUT2D eigenvalue weighted by atomic mass is 16.6. The first kappa shape index (κ1) is 20.7. The number of nitrogens with zero attached hydrogens (tertiary/aromatic N) is 5. The van der Waals surface area contributed by atoms with E-state index >= 15 is 0 Å². The van der Waals surface area contributed by atoms with Gasteiger partial charge in [-0.1, -0.05) is 64.9 Å². The third kappa shape index (κ3) is 5.28. The van der Waals surface area contributed by atoms with Gasteiger partial charge in [0, 0.05) is 11.1 Å². The van der Waals surface area contributed by atoms with Gasteiger partial charge in [0.05, 0.1) is 6.54 Å². The molecule has 9 heteroatoms. The van der Waals surface area contributed by atoms with Gasteiger partial charge in [-0.3, -0.25) is 4.79 Å². The van der Waals surface area contributed by atoms with Crippen molar-refractivity contribution in [3.05, 3.63) is 83.4 Å². The molecule has 0 radical (unpaired) electrons. The molecule has 9 nitrogen and oxygen atoms in total. The average Bonchev–Trinajstić information content (AvgIpc) is 3.21. The number of nitrogens with two attached hydrogens (primary N) is 1. The summed E-state index contributed by atoms with van der Waals surface area (Å²) in [6, 6.07) is 17.1. The van der Waals surface area contributed by atoms with Crippen LogP contribution in [-0.2, 0) is 27.6 Å². The third-order valence-corrected chi connectivity index (χ3v) is 4.16. The lowest BCUT2D eigenvalue weighted by molar-refractivity contribution is -0.112. The number of aromatic nitrogens is 3. The topological polar surface area (TPSA) is 117 Å². The van der Waals surface area contributed by atoms with Gasteiger partial charge < -0.3 is 15.4 Å². The fourth-order valence-electron chi connectivity index (χ4n) is 2.74. The predicted molar refractivity (Wildman–Crippen MR) is 112 cm³/mol. The molecule has 0 fully saturated rings. The van der Waals surface area contributed by atoms with Crippen molar-refractivity contribution in [2.45, 2.75) is 20.1 Å². The van der Waals surface area contributed by atoms with Crippen LogP contribution in [-0.4, -0.2) is 39.2 Å². The van der Waals surface area contributed by atoms with Crippen molar-refractivity contribution in [3.63, 3.8) is 0 Å². The molecule has 2 aromatic carbocycles. The van der Waals surface area contributed by atoms with E-state index in [1.165, 1.54) is 7.11 Å². The van der Waals surface area contributed by atoms with Crippen LogP contribution in [0.1, 0.15) is 29.4 Å². The summed E-state index contributed by atoms with van der Waals surface area (Å²) in [5.41, 5.74) is 8.27. The van der Waals surface area contributed by atoms with Gasteiger partial charge in [0.1, 0.15) is 25.8 Å². The standard InChI is InChI=1S/C21H22N6O3/c1-15(21-23-14-27(24-21)12-16-8-4-3-5-9-16)25-30-13-17-10-6-7-11-18(17)19(20(22)28)26-29-2/h3-11,14H,12-13H2,1-2H3,(H2,22,28)/b25-15+,26-19+. The number of hydrogen-bond donors (Lipinski definition) is 1. The van der Waals surface area contributed by atoms with Crippen molar-refractivity contribution in [1.82, 2.24) is 14.8 Å². The predicted octanol–water partition coefficient (Wildman–Crippen LogP) is 2.10. The van der Waals surface area contributed by atoms with E-state index in [0.29, 0.717) is 29.2 Å². The number of benzene rings is 2. The van der Waals surface area contributed by atoms with E-state index in [1.807, 2.05) is 36.4 Å². The van der Waals surface area contributed by atoms with Gasteiger partial charge in [0.15, 0.2) is 11.5 Å². The number of rotatable bonds is 9. The molecule has 1 amide bonds. The number of oxime groups is 2. The Morgan fingerprint density at radius 2 is 1.83 bits per heavy atom. The van der Waals surface area contributed by atoms with Crippen LogP contribution in [0.25, 0.3) is 0 Å². The molecule has 30 heavy (non-hydrogen) atoms. The molecule has 0 atom stereocenters. The Kier molecular flexibility index (Phi) is 6.88. The van der Waals surface area contributed by atoms with Crippen molar-refractivity contribution < 1.29 is 14.5 Å². The third-order valence-electron chi connectivity index (χ3n) is 4.16. The Hall–Kier alpha value is -4.01. The van der Waals surface area contributed by atoms with Gasteiger partial charge in [0.25, 0.3) is 5.91 Å². The second kappa shape index (κ2) is 9.97. The largest absolute Gasteiger partial charge is 0.398 e. The van der Waals surface area contributed by atoms with E-state index in [4.69, 9.17) is 15.4 Å². The van der Waals surface area contributed by atoms with Gasteiger partial charge in [-0.05, 0) is 12.5 Å². The lowest BCUT2D eigenvalue weighted by atomic mass is 10.0. The zero-order valence-corrected chi connectivity index (χ0v) is 16.7. The number of carbonyl (C=O) groups is 1. The van der Waals surface area contributed by atoms with Gasteiger partial charge in [-0.25, -0.2) is 9.67 Å². The second-order valence-corrected chi connectivity index (χ2v) is 6.35. The van der Waals surface area contributed by atoms with Crippen molar-refractivity contribution in [2.24, 2.45) is 16.0 Å². The smallest absolute Gasteiger partial charge is 0.271 e. The van der Waals surface area contributed by atoms with E-state index in [2.05, 4.69) is 20.4 Å². The highest BCUT2D eigenvalue weighted by Gasteiger charge is 2.16. The first-order chi connectivity index (χ1) is 14.6. The highest BCUT2D eigenvalue weighted by molar-refractivity contribution is 6.45. The van der Waals surface area contributed by atoms with Crippen LogP contribution < -0.4 is 5.73 Å². The Morgan fingerprint density at radius 3 is 2.57 bits per heavy atom. The normalized spacial score (nSPS) is 11.9. The molecule has 0 spiro atoms. The SMILES string of the molecule is CO/N=C(/C(N)=O)c1ccccc1CO/N=C(\C)c1ncn(Cc2ccccc2)n1. The first-order valence-electron chi connectivity index (χ1n) is 9.18. The molecule has 3 aromatic rings. The summed E-state index contributed by atoms with van der Waals surface area (Å²) in [4.78, 5) is 26.1. The quantitative estimate of drug-likeness (QED) is 0.431. The van der Waals surface area contributed by atoms with E-state index in [0.717, 1.165) is 5.56 Å². The van der Waals surface area contributed by atoms with Crippen LogP contribution in [0.3, 0.4) is 0 Å². The molecular weight excluding hydrogens is 384 g/mol. The van der Waals surface area contributed by atoms with E-state index < -0.39 is 5.91 Å². The first-order valence-corrected chi connectivity index (χ1v) is 9.18. The fourth-order valence-corrected chi connectivity index (χ4v) is 2.74. The molecule has 0 saturated heterocycles. The van der Waals surface area contributed by atoms with Crippen molar-refractivity contribution in [1.29, 1.82) is 0 Å².